The van der Waals surface area contributed by atoms with Gasteiger partial charge in [0.15, 0.2) is 6.29 Å². The zero-order valence-electron chi connectivity index (χ0n) is 28.1. The van der Waals surface area contributed by atoms with Crippen molar-refractivity contribution in [1.29, 1.82) is 0 Å². The quantitative estimate of drug-likeness (QED) is 0.116. The Morgan fingerprint density at radius 1 is 0.878 bits per heavy atom. The second-order valence-corrected chi connectivity index (χ2v) is 12.7. The molecule has 1 amide bonds. The van der Waals surface area contributed by atoms with Gasteiger partial charge in [-0.15, -0.1) is 0 Å². The lowest BCUT2D eigenvalue weighted by atomic mass is 9.97. The molecule has 4 aromatic carbocycles. The van der Waals surface area contributed by atoms with E-state index in [0.29, 0.717) is 25.9 Å². The number of amides is 1. The Hall–Kier alpha value is -4.38. The first-order valence-electron chi connectivity index (χ1n) is 16.8. The number of carbonyl (C=O) groups is 2. The normalized spacial score (nSPS) is 18.9. The van der Waals surface area contributed by atoms with E-state index in [1.807, 2.05) is 117 Å². The minimum absolute atomic E-state index is 0.0266. The van der Waals surface area contributed by atoms with E-state index in [1.165, 1.54) is 0 Å². The van der Waals surface area contributed by atoms with E-state index >= 15 is 0 Å². The number of benzene rings is 4. The molecule has 5 rings (SSSR count). The summed E-state index contributed by atoms with van der Waals surface area (Å²) >= 11 is 0. The molecular weight excluding hydrogens is 620 g/mol. The van der Waals surface area contributed by atoms with Gasteiger partial charge >= 0.3 is 5.97 Å². The fourth-order valence-electron chi connectivity index (χ4n) is 6.15. The van der Waals surface area contributed by atoms with Crippen LogP contribution in [0.3, 0.4) is 0 Å². The summed E-state index contributed by atoms with van der Waals surface area (Å²) in [6.07, 6.45) is -0.634. The van der Waals surface area contributed by atoms with Crippen LogP contribution in [0.25, 0.3) is 11.1 Å². The molecule has 1 saturated heterocycles. The van der Waals surface area contributed by atoms with Crippen LogP contribution in [0.4, 0.5) is 0 Å². The Kier molecular flexibility index (Phi) is 12.7. The number of ether oxygens (including phenoxy) is 2. The van der Waals surface area contributed by atoms with Gasteiger partial charge < -0.3 is 30.1 Å². The third kappa shape index (κ3) is 9.84. The number of aliphatic hydroxyl groups excluding tert-OH is 2. The summed E-state index contributed by atoms with van der Waals surface area (Å²) in [4.78, 5) is 25.2. The summed E-state index contributed by atoms with van der Waals surface area (Å²) in [7, 11) is 2.00. The fourth-order valence-corrected chi connectivity index (χ4v) is 6.15. The highest BCUT2D eigenvalue weighted by Gasteiger charge is 2.34. The average molecular weight is 667 g/mol. The van der Waals surface area contributed by atoms with E-state index in [0.717, 1.165) is 38.9 Å². The molecule has 4 aromatic rings. The van der Waals surface area contributed by atoms with Crippen LogP contribution in [0, 0.1) is 0 Å². The second-order valence-electron chi connectivity index (χ2n) is 12.7. The van der Waals surface area contributed by atoms with Crippen molar-refractivity contribution in [3.05, 3.63) is 131 Å². The van der Waals surface area contributed by atoms with Crippen LogP contribution in [0.5, 0.6) is 0 Å². The highest BCUT2D eigenvalue weighted by atomic mass is 16.7. The molecule has 1 aliphatic heterocycles. The molecule has 1 aliphatic rings. The first-order valence-corrected chi connectivity index (χ1v) is 16.8. The summed E-state index contributed by atoms with van der Waals surface area (Å²) in [5.41, 5.74) is 6.49. The number of carboxylic acids is 1. The average Bonchev–Trinajstić information content (AvgIpc) is 3.13. The fraction of sp³-hybridized carbons (Fsp3) is 0.350. The number of aliphatic hydroxyl groups is 2. The molecule has 9 nitrogen and oxygen atoms in total. The van der Waals surface area contributed by atoms with Crippen LogP contribution >= 0.6 is 0 Å². The Bertz CT molecular complexity index is 1650. The Labute approximate surface area is 288 Å². The van der Waals surface area contributed by atoms with Crippen molar-refractivity contribution in [3.8, 4) is 11.1 Å². The topological polar surface area (TPSA) is 129 Å². The number of hydrogen-bond donors (Lipinski definition) is 4. The van der Waals surface area contributed by atoms with E-state index in [-0.39, 0.29) is 43.6 Å². The molecule has 0 aromatic heterocycles. The zero-order valence-corrected chi connectivity index (χ0v) is 28.1. The standard InChI is InChI=1S/C40H46N2O7/c1-27(39(47)31-9-4-3-5-10-31)42(2)25-34-23-36(30-17-15-28(26-43)16-18-30)49-40(48-34)32-21-19-29(20-22-32)35-12-7-6-11-33(35)24-41-37(44)13-8-14-38(45)46/h3-7,9-12,15-22,27,34,36,39-40,43,47H,8,13-14,23-26H2,1-2H3,(H,41,44)(H,45,46)/t27-,34-,36+,39-,40+/m0/s1. The molecule has 0 saturated carbocycles. The molecule has 0 spiro atoms. The highest BCUT2D eigenvalue weighted by molar-refractivity contribution is 5.77. The molecule has 5 atom stereocenters. The lowest BCUT2D eigenvalue weighted by Crippen LogP contribution is -2.43. The number of likely N-dealkylation sites (N-methyl/N-ethyl adjacent to an activating group) is 1. The Balaban J connectivity index is 1.31. The van der Waals surface area contributed by atoms with Crippen molar-refractivity contribution in [3.63, 3.8) is 0 Å². The van der Waals surface area contributed by atoms with Gasteiger partial charge in [0.05, 0.1) is 24.9 Å². The van der Waals surface area contributed by atoms with Gasteiger partial charge in [-0.2, -0.15) is 0 Å². The summed E-state index contributed by atoms with van der Waals surface area (Å²) < 4.78 is 13.2. The molecule has 0 unspecified atom stereocenters. The maximum absolute atomic E-state index is 12.3. The highest BCUT2D eigenvalue weighted by Crippen LogP contribution is 2.39. The number of carboxylic acid groups (broad SMARTS) is 1. The van der Waals surface area contributed by atoms with E-state index in [4.69, 9.17) is 14.6 Å². The third-order valence-electron chi connectivity index (χ3n) is 9.18. The zero-order chi connectivity index (χ0) is 34.8. The smallest absolute Gasteiger partial charge is 0.303 e. The van der Waals surface area contributed by atoms with E-state index in [1.54, 1.807) is 0 Å². The van der Waals surface area contributed by atoms with Crippen molar-refractivity contribution in [2.24, 2.45) is 0 Å². The first kappa shape index (κ1) is 35.9. The van der Waals surface area contributed by atoms with Crippen LogP contribution in [-0.2, 0) is 32.2 Å². The summed E-state index contributed by atoms with van der Waals surface area (Å²) in [5.74, 6) is -1.09. The van der Waals surface area contributed by atoms with Crippen molar-refractivity contribution in [1.82, 2.24) is 10.2 Å². The molecule has 4 N–H and O–H groups in total. The van der Waals surface area contributed by atoms with Gasteiger partial charge in [0, 0.05) is 44.0 Å². The molecule has 9 heteroatoms. The first-order chi connectivity index (χ1) is 23.7. The number of nitrogens with zero attached hydrogens (tertiary/aromatic N) is 1. The predicted molar refractivity (Wildman–Crippen MR) is 187 cm³/mol. The molecule has 1 fully saturated rings. The maximum Gasteiger partial charge on any atom is 0.303 e. The van der Waals surface area contributed by atoms with Gasteiger partial charge in [-0.3, -0.25) is 14.5 Å². The largest absolute Gasteiger partial charge is 0.481 e. The van der Waals surface area contributed by atoms with E-state index in [2.05, 4.69) is 10.2 Å². The molecule has 0 radical (unpaired) electrons. The summed E-state index contributed by atoms with van der Waals surface area (Å²) in [6, 6.07) is 33.2. The number of carbonyl (C=O) groups excluding carboxylic acids is 1. The van der Waals surface area contributed by atoms with Gasteiger partial charge in [0.2, 0.25) is 5.91 Å². The third-order valence-corrected chi connectivity index (χ3v) is 9.18. The SMILES string of the molecule is C[C@@H]([C@H](O)c1ccccc1)N(C)C[C@@H]1C[C@H](c2ccc(CO)cc2)O[C@H](c2ccc(-c3ccccc3CNC(=O)CCCC(=O)O)cc2)O1. The molecular formula is C40H46N2O7. The second kappa shape index (κ2) is 17.3. The van der Waals surface area contributed by atoms with Crippen molar-refractivity contribution < 1.29 is 34.4 Å². The summed E-state index contributed by atoms with van der Waals surface area (Å²) in [5, 5.41) is 32.4. The Morgan fingerprint density at radius 3 is 2.24 bits per heavy atom. The Morgan fingerprint density at radius 2 is 1.55 bits per heavy atom. The maximum atomic E-state index is 12.3. The van der Waals surface area contributed by atoms with Crippen LogP contribution in [0.15, 0.2) is 103 Å². The van der Waals surface area contributed by atoms with Crippen LogP contribution < -0.4 is 5.32 Å². The molecule has 1 heterocycles. The monoisotopic (exact) mass is 666 g/mol. The van der Waals surface area contributed by atoms with Gasteiger partial charge in [-0.25, -0.2) is 0 Å². The van der Waals surface area contributed by atoms with Crippen LogP contribution in [-0.4, -0.2) is 57.8 Å². The molecule has 0 aliphatic carbocycles. The van der Waals surface area contributed by atoms with Crippen molar-refractivity contribution in [2.75, 3.05) is 13.6 Å². The predicted octanol–water partition coefficient (Wildman–Crippen LogP) is 6.32. The molecule has 0 bridgehead atoms. The van der Waals surface area contributed by atoms with Crippen LogP contribution in [0.1, 0.15) is 78.9 Å². The number of rotatable bonds is 15. The van der Waals surface area contributed by atoms with Gasteiger partial charge in [0.1, 0.15) is 0 Å². The van der Waals surface area contributed by atoms with Gasteiger partial charge in [-0.1, -0.05) is 103 Å². The minimum Gasteiger partial charge on any atom is -0.481 e. The lowest BCUT2D eigenvalue weighted by Gasteiger charge is -2.39. The molecule has 49 heavy (non-hydrogen) atoms. The number of nitrogens with one attached hydrogen (secondary N) is 1. The number of hydrogen-bond acceptors (Lipinski definition) is 7. The van der Waals surface area contributed by atoms with Gasteiger partial charge in [-0.05, 0) is 53.8 Å². The summed E-state index contributed by atoms with van der Waals surface area (Å²) in [6.45, 7) is 2.91. The van der Waals surface area contributed by atoms with Crippen molar-refractivity contribution >= 4 is 11.9 Å². The minimum atomic E-state index is -0.908. The molecule has 258 valence electrons. The van der Waals surface area contributed by atoms with Crippen LogP contribution in [0.2, 0.25) is 0 Å². The number of aliphatic carboxylic acids is 1. The van der Waals surface area contributed by atoms with Crippen molar-refractivity contribution in [2.45, 2.75) is 76.4 Å². The lowest BCUT2D eigenvalue weighted by molar-refractivity contribution is -0.253. The van der Waals surface area contributed by atoms with E-state index in [9.17, 15) is 19.8 Å². The van der Waals surface area contributed by atoms with Gasteiger partial charge in [0.25, 0.3) is 0 Å². The van der Waals surface area contributed by atoms with E-state index < -0.39 is 18.4 Å².